The van der Waals surface area contributed by atoms with Gasteiger partial charge in [0.25, 0.3) is 0 Å². The zero-order valence-electron chi connectivity index (χ0n) is 12.0. The molecule has 1 aromatic carbocycles. The Morgan fingerprint density at radius 2 is 2.10 bits per heavy atom. The maximum Gasteiger partial charge on any atom is 0.124 e. The first-order valence-electron chi connectivity index (χ1n) is 7.29. The van der Waals surface area contributed by atoms with Crippen molar-refractivity contribution in [3.05, 3.63) is 35.1 Å². The minimum Gasteiger partial charge on any atom is -0.395 e. The molecular formula is C17H22FNO. The van der Waals surface area contributed by atoms with Gasteiger partial charge in [-0.1, -0.05) is 30.7 Å². The van der Waals surface area contributed by atoms with Gasteiger partial charge in [-0.2, -0.15) is 0 Å². The number of hydrogen-bond acceptors (Lipinski definition) is 2. The maximum absolute atomic E-state index is 13.4. The van der Waals surface area contributed by atoms with E-state index in [2.05, 4.69) is 23.8 Å². The van der Waals surface area contributed by atoms with Crippen molar-refractivity contribution in [2.75, 3.05) is 13.7 Å². The second-order valence-corrected chi connectivity index (χ2v) is 5.43. The Kier molecular flexibility index (Phi) is 5.58. The Hall–Kier alpha value is -1.37. The van der Waals surface area contributed by atoms with Gasteiger partial charge in [-0.15, -0.1) is 0 Å². The summed E-state index contributed by atoms with van der Waals surface area (Å²) in [7, 11) is 2.13. The van der Waals surface area contributed by atoms with Crippen LogP contribution in [0.4, 0.5) is 4.39 Å². The molecule has 1 aliphatic rings. The van der Waals surface area contributed by atoms with Crippen LogP contribution in [-0.2, 0) is 6.54 Å². The molecule has 1 aromatic rings. The summed E-state index contributed by atoms with van der Waals surface area (Å²) >= 11 is 0. The van der Waals surface area contributed by atoms with Crippen molar-refractivity contribution in [2.45, 2.75) is 44.7 Å². The van der Waals surface area contributed by atoms with E-state index in [0.29, 0.717) is 12.5 Å². The predicted molar refractivity (Wildman–Crippen MR) is 78.7 cm³/mol. The van der Waals surface area contributed by atoms with Crippen LogP contribution in [0.2, 0.25) is 0 Å². The molecule has 20 heavy (non-hydrogen) atoms. The third-order valence-electron chi connectivity index (χ3n) is 3.90. The van der Waals surface area contributed by atoms with E-state index in [1.807, 2.05) is 6.07 Å². The Morgan fingerprint density at radius 1 is 1.35 bits per heavy atom. The maximum atomic E-state index is 13.4. The standard InChI is InChI=1S/C17H22FNO/c1-19(17-7-2-3-8-17)13-15-9-10-16(18)12-14(15)6-4-5-11-20/h9-10,12,17,20H,2-3,5,7-8,11,13H2,1H3. The van der Waals surface area contributed by atoms with Crippen molar-refractivity contribution in [1.29, 1.82) is 0 Å². The van der Waals surface area contributed by atoms with Crippen LogP contribution in [0, 0.1) is 17.7 Å². The van der Waals surface area contributed by atoms with Crippen LogP contribution in [0.5, 0.6) is 0 Å². The molecule has 1 saturated carbocycles. The lowest BCUT2D eigenvalue weighted by Gasteiger charge is -2.24. The molecule has 1 aliphatic carbocycles. The number of nitrogens with zero attached hydrogens (tertiary/aromatic N) is 1. The lowest BCUT2D eigenvalue weighted by Crippen LogP contribution is -2.28. The molecule has 0 spiro atoms. The minimum atomic E-state index is -0.259. The first kappa shape index (κ1) is 15.0. The Bertz CT molecular complexity index is 497. The van der Waals surface area contributed by atoms with Crippen molar-refractivity contribution >= 4 is 0 Å². The number of hydrogen-bond donors (Lipinski definition) is 1. The topological polar surface area (TPSA) is 23.5 Å². The largest absolute Gasteiger partial charge is 0.395 e. The van der Waals surface area contributed by atoms with Crippen molar-refractivity contribution < 1.29 is 9.50 Å². The van der Waals surface area contributed by atoms with Gasteiger partial charge in [-0.05, 0) is 37.6 Å². The molecule has 1 N–H and O–H groups in total. The second-order valence-electron chi connectivity index (χ2n) is 5.43. The Balaban J connectivity index is 2.11. The summed E-state index contributed by atoms with van der Waals surface area (Å²) in [5, 5.41) is 8.77. The van der Waals surface area contributed by atoms with Gasteiger partial charge in [0, 0.05) is 24.6 Å². The highest BCUT2D eigenvalue weighted by Crippen LogP contribution is 2.24. The van der Waals surface area contributed by atoms with Gasteiger partial charge in [0.1, 0.15) is 5.82 Å². The third-order valence-corrected chi connectivity index (χ3v) is 3.90. The number of halogens is 1. The molecule has 2 nitrogen and oxygen atoms in total. The zero-order valence-corrected chi connectivity index (χ0v) is 12.0. The van der Waals surface area contributed by atoms with Crippen molar-refractivity contribution in [3.8, 4) is 11.8 Å². The van der Waals surface area contributed by atoms with Crippen molar-refractivity contribution in [1.82, 2.24) is 4.90 Å². The molecule has 0 aromatic heterocycles. The van der Waals surface area contributed by atoms with Crippen LogP contribution in [0.25, 0.3) is 0 Å². The number of aliphatic hydroxyl groups is 1. The van der Waals surface area contributed by atoms with E-state index in [9.17, 15) is 4.39 Å². The minimum absolute atomic E-state index is 0.0413. The van der Waals surface area contributed by atoms with E-state index >= 15 is 0 Å². The van der Waals surface area contributed by atoms with E-state index in [4.69, 9.17) is 5.11 Å². The third kappa shape index (κ3) is 4.06. The molecule has 0 aliphatic heterocycles. The molecule has 0 atom stereocenters. The highest BCUT2D eigenvalue weighted by atomic mass is 19.1. The van der Waals surface area contributed by atoms with E-state index in [-0.39, 0.29) is 12.4 Å². The quantitative estimate of drug-likeness (QED) is 0.854. The van der Waals surface area contributed by atoms with E-state index < -0.39 is 0 Å². The molecule has 3 heteroatoms. The van der Waals surface area contributed by atoms with Crippen molar-refractivity contribution in [2.24, 2.45) is 0 Å². The van der Waals surface area contributed by atoms with Crippen LogP contribution in [0.1, 0.15) is 43.2 Å². The molecule has 0 unspecified atom stereocenters. The number of rotatable bonds is 4. The summed E-state index contributed by atoms with van der Waals surface area (Å²) in [6.07, 6.45) is 5.55. The average Bonchev–Trinajstić information content (AvgIpc) is 2.96. The molecule has 0 heterocycles. The summed E-state index contributed by atoms with van der Waals surface area (Å²) in [5.41, 5.74) is 1.80. The average molecular weight is 275 g/mol. The highest BCUT2D eigenvalue weighted by Gasteiger charge is 2.20. The van der Waals surface area contributed by atoms with Gasteiger partial charge >= 0.3 is 0 Å². The van der Waals surface area contributed by atoms with Crippen LogP contribution in [-0.4, -0.2) is 29.7 Å². The van der Waals surface area contributed by atoms with Gasteiger partial charge in [-0.25, -0.2) is 4.39 Å². The second kappa shape index (κ2) is 7.42. The van der Waals surface area contributed by atoms with Crippen LogP contribution >= 0.6 is 0 Å². The number of benzene rings is 1. The summed E-state index contributed by atoms with van der Waals surface area (Å²) in [4.78, 5) is 2.34. The predicted octanol–water partition coefficient (Wildman–Crippen LogP) is 2.93. The fourth-order valence-electron chi connectivity index (χ4n) is 2.76. The molecule has 0 saturated heterocycles. The molecule has 0 radical (unpaired) electrons. The van der Waals surface area contributed by atoms with E-state index in [1.54, 1.807) is 0 Å². The zero-order chi connectivity index (χ0) is 14.4. The summed E-state index contributed by atoms with van der Waals surface area (Å²) in [6.45, 7) is 0.841. The normalized spacial score (nSPS) is 15.4. The fraction of sp³-hybridized carbons (Fsp3) is 0.529. The van der Waals surface area contributed by atoms with Gasteiger partial charge in [0.15, 0.2) is 0 Å². The monoisotopic (exact) mass is 275 g/mol. The van der Waals surface area contributed by atoms with Gasteiger partial charge < -0.3 is 5.11 Å². The molecule has 0 amide bonds. The van der Waals surface area contributed by atoms with E-state index in [0.717, 1.165) is 17.7 Å². The van der Waals surface area contributed by atoms with Gasteiger partial charge in [0.05, 0.1) is 6.61 Å². The van der Waals surface area contributed by atoms with Crippen LogP contribution in [0.3, 0.4) is 0 Å². The summed E-state index contributed by atoms with van der Waals surface area (Å²) in [5.74, 6) is 5.59. The molecule has 0 bridgehead atoms. The van der Waals surface area contributed by atoms with Gasteiger partial charge in [-0.3, -0.25) is 4.90 Å². The lowest BCUT2D eigenvalue weighted by molar-refractivity contribution is 0.237. The molecule has 2 rings (SSSR count). The SMILES string of the molecule is CN(Cc1ccc(F)cc1C#CCCO)C1CCCC1. The first-order valence-corrected chi connectivity index (χ1v) is 7.29. The van der Waals surface area contributed by atoms with Crippen molar-refractivity contribution in [3.63, 3.8) is 0 Å². The Labute approximate surface area is 120 Å². The van der Waals surface area contributed by atoms with E-state index in [1.165, 1.54) is 37.8 Å². The smallest absolute Gasteiger partial charge is 0.124 e. The fourth-order valence-corrected chi connectivity index (χ4v) is 2.76. The van der Waals surface area contributed by atoms with Crippen LogP contribution in [0.15, 0.2) is 18.2 Å². The number of aliphatic hydroxyl groups excluding tert-OH is 1. The Morgan fingerprint density at radius 3 is 2.80 bits per heavy atom. The van der Waals surface area contributed by atoms with Crippen LogP contribution < -0.4 is 0 Å². The molecule has 108 valence electrons. The molecule has 1 fully saturated rings. The first-order chi connectivity index (χ1) is 9.70. The lowest BCUT2D eigenvalue weighted by atomic mass is 10.1. The summed E-state index contributed by atoms with van der Waals surface area (Å²) in [6, 6.07) is 5.44. The van der Waals surface area contributed by atoms with Gasteiger partial charge in [0.2, 0.25) is 0 Å². The highest BCUT2D eigenvalue weighted by molar-refractivity contribution is 5.41. The molecular weight excluding hydrogens is 253 g/mol. The summed E-state index contributed by atoms with van der Waals surface area (Å²) < 4.78 is 13.4.